The lowest BCUT2D eigenvalue weighted by Gasteiger charge is -2.16. The second-order valence-electron chi connectivity index (χ2n) is 5.48. The third-order valence-electron chi connectivity index (χ3n) is 3.33. The first-order valence-electron chi connectivity index (χ1n) is 6.59. The molecular weight excluding hydrogens is 403 g/mol. The maximum Gasteiger partial charge on any atom is 0.417 e. The molecule has 2 aromatic rings. The van der Waals surface area contributed by atoms with Crippen LogP contribution in [0.5, 0.6) is 0 Å². The van der Waals surface area contributed by atoms with Crippen LogP contribution >= 0.6 is 0 Å². The number of aryl methyl sites for hydroxylation is 1. The van der Waals surface area contributed by atoms with Crippen molar-refractivity contribution in [3.8, 4) is 0 Å². The van der Waals surface area contributed by atoms with E-state index in [2.05, 4.69) is 0 Å². The van der Waals surface area contributed by atoms with Gasteiger partial charge in [0, 0.05) is 13.3 Å². The maximum absolute atomic E-state index is 13.2. The van der Waals surface area contributed by atoms with Crippen LogP contribution in [0.25, 0.3) is 10.9 Å². The van der Waals surface area contributed by atoms with Crippen molar-refractivity contribution in [1.82, 2.24) is 9.24 Å². The Morgan fingerprint density at radius 3 is 2.00 bits per heavy atom. The van der Waals surface area contributed by atoms with E-state index in [1.54, 1.807) is 4.83 Å². The summed E-state index contributed by atoms with van der Waals surface area (Å²) in [6, 6.07) is 0.828. The number of alkyl halides is 3. The number of rotatable bonds is 3. The van der Waals surface area contributed by atoms with Crippen molar-refractivity contribution in [3.05, 3.63) is 38.5 Å². The minimum Gasteiger partial charge on any atom is -0.295 e. The number of sulfonamides is 1. The molecule has 144 valence electrons. The van der Waals surface area contributed by atoms with E-state index >= 15 is 0 Å². The van der Waals surface area contributed by atoms with Crippen molar-refractivity contribution in [2.24, 2.45) is 7.05 Å². The van der Waals surface area contributed by atoms with E-state index in [1.165, 1.54) is 0 Å². The molecule has 0 saturated heterocycles. The number of aromatic nitrogens is 2. The Kier molecular flexibility index (Phi) is 4.48. The van der Waals surface area contributed by atoms with E-state index in [0.717, 1.165) is 7.05 Å². The van der Waals surface area contributed by atoms with E-state index in [-0.39, 0.29) is 4.68 Å². The topological polar surface area (TPSA) is 124 Å². The van der Waals surface area contributed by atoms with Gasteiger partial charge < -0.3 is 0 Å². The standard InChI is InChI=1S/C12H12F3N3O6S2/c1-17-8-5-7(12(13,14)15)9(25(2,21)22)4-6(8)10(19)18(11(17)20)16-26(3,23)24/h4-5,16H,1-3H3. The number of hydrogen-bond acceptors (Lipinski definition) is 6. The quantitative estimate of drug-likeness (QED) is 0.729. The molecule has 2 rings (SSSR count). The van der Waals surface area contributed by atoms with Crippen LogP contribution in [-0.2, 0) is 33.1 Å². The summed E-state index contributed by atoms with van der Waals surface area (Å²) in [5.41, 5.74) is -4.62. The van der Waals surface area contributed by atoms with Crippen molar-refractivity contribution >= 4 is 30.8 Å². The minimum absolute atomic E-state index is 0.0665. The monoisotopic (exact) mass is 415 g/mol. The highest BCUT2D eigenvalue weighted by molar-refractivity contribution is 7.91. The summed E-state index contributed by atoms with van der Waals surface area (Å²) in [6.45, 7) is 0. The van der Waals surface area contributed by atoms with Gasteiger partial charge in [-0.15, -0.1) is 0 Å². The molecule has 9 nitrogen and oxygen atoms in total. The Morgan fingerprint density at radius 1 is 1.04 bits per heavy atom. The summed E-state index contributed by atoms with van der Waals surface area (Å²) in [6.07, 6.45) is -3.89. The number of halogens is 3. The molecule has 26 heavy (non-hydrogen) atoms. The summed E-state index contributed by atoms with van der Waals surface area (Å²) in [5.74, 6) is 0. The minimum atomic E-state index is -5.07. The van der Waals surface area contributed by atoms with Crippen LogP contribution in [0.15, 0.2) is 26.6 Å². The maximum atomic E-state index is 13.2. The zero-order valence-corrected chi connectivity index (χ0v) is 15.1. The number of hydrogen-bond donors (Lipinski definition) is 1. The predicted molar refractivity (Wildman–Crippen MR) is 85.8 cm³/mol. The lowest BCUT2D eigenvalue weighted by molar-refractivity contribution is -0.139. The second-order valence-corrected chi connectivity index (χ2v) is 9.19. The van der Waals surface area contributed by atoms with Crippen molar-refractivity contribution < 1.29 is 30.0 Å². The summed E-state index contributed by atoms with van der Waals surface area (Å²) in [5, 5.41) is -0.586. The van der Waals surface area contributed by atoms with E-state index in [1.807, 2.05) is 0 Å². The lowest BCUT2D eigenvalue weighted by atomic mass is 10.1. The van der Waals surface area contributed by atoms with Gasteiger partial charge in [0.1, 0.15) is 0 Å². The van der Waals surface area contributed by atoms with Crippen LogP contribution in [0.1, 0.15) is 5.56 Å². The number of fused-ring (bicyclic) bond motifs is 1. The van der Waals surface area contributed by atoms with Crippen molar-refractivity contribution in [1.29, 1.82) is 0 Å². The van der Waals surface area contributed by atoms with Gasteiger partial charge in [-0.1, -0.05) is 0 Å². The largest absolute Gasteiger partial charge is 0.417 e. The molecule has 0 spiro atoms. The Bertz CT molecular complexity index is 1240. The summed E-state index contributed by atoms with van der Waals surface area (Å²) in [4.78, 5) is 24.9. The predicted octanol–water partition coefficient (Wildman–Crippen LogP) is -0.374. The van der Waals surface area contributed by atoms with Gasteiger partial charge in [-0.05, 0) is 12.1 Å². The molecule has 1 heterocycles. The molecule has 14 heteroatoms. The Morgan fingerprint density at radius 2 is 1.58 bits per heavy atom. The zero-order chi connectivity index (χ0) is 20.2. The van der Waals surface area contributed by atoms with Crippen LogP contribution in [0.3, 0.4) is 0 Å². The molecule has 0 radical (unpaired) electrons. The molecule has 0 aliphatic carbocycles. The Labute approximate surface area is 144 Å². The Balaban J connectivity index is 3.11. The molecule has 0 bridgehead atoms. The van der Waals surface area contributed by atoms with E-state index < -0.39 is 58.6 Å². The third kappa shape index (κ3) is 3.60. The fourth-order valence-electron chi connectivity index (χ4n) is 2.25. The molecule has 0 atom stereocenters. The van der Waals surface area contributed by atoms with Crippen LogP contribution in [0.2, 0.25) is 0 Å². The molecule has 0 fully saturated rings. The fraction of sp³-hybridized carbons (Fsp3) is 0.333. The molecule has 1 aromatic carbocycles. The zero-order valence-electron chi connectivity index (χ0n) is 13.4. The molecule has 0 unspecified atom stereocenters. The van der Waals surface area contributed by atoms with Crippen LogP contribution in [0.4, 0.5) is 13.2 Å². The van der Waals surface area contributed by atoms with E-state index in [0.29, 0.717) is 29.2 Å². The smallest absolute Gasteiger partial charge is 0.295 e. The number of sulfone groups is 1. The number of benzene rings is 1. The molecular formula is C12H12F3N3O6S2. The summed E-state index contributed by atoms with van der Waals surface area (Å²) in [7, 11) is -7.46. The van der Waals surface area contributed by atoms with Crippen LogP contribution < -0.4 is 16.1 Å². The SMILES string of the molecule is Cn1c(=O)n(NS(C)(=O)=O)c(=O)c2cc(S(C)(=O)=O)c(C(F)(F)F)cc21. The molecule has 1 aromatic heterocycles. The summed E-state index contributed by atoms with van der Waals surface area (Å²) >= 11 is 0. The average Bonchev–Trinajstić information content (AvgIpc) is 2.45. The molecule has 0 amide bonds. The highest BCUT2D eigenvalue weighted by atomic mass is 32.2. The summed E-state index contributed by atoms with van der Waals surface area (Å²) < 4.78 is 86.4. The lowest BCUT2D eigenvalue weighted by Crippen LogP contribution is -2.46. The van der Waals surface area contributed by atoms with Crippen molar-refractivity contribution in [3.63, 3.8) is 0 Å². The highest BCUT2D eigenvalue weighted by Crippen LogP contribution is 2.35. The van der Waals surface area contributed by atoms with Gasteiger partial charge in [0.15, 0.2) is 9.84 Å². The van der Waals surface area contributed by atoms with Gasteiger partial charge in [-0.2, -0.15) is 17.8 Å². The third-order valence-corrected chi connectivity index (χ3v) is 4.98. The molecule has 0 saturated carbocycles. The average molecular weight is 415 g/mol. The van der Waals surface area contributed by atoms with Gasteiger partial charge in [0.05, 0.1) is 27.6 Å². The second kappa shape index (κ2) is 5.84. The van der Waals surface area contributed by atoms with Gasteiger partial charge in [-0.3, -0.25) is 9.36 Å². The van der Waals surface area contributed by atoms with Crippen LogP contribution in [0, 0.1) is 0 Å². The van der Waals surface area contributed by atoms with E-state index in [9.17, 15) is 39.6 Å². The first kappa shape index (κ1) is 20.0. The van der Waals surface area contributed by atoms with Gasteiger partial charge in [0.2, 0.25) is 10.0 Å². The first-order chi connectivity index (χ1) is 11.5. The van der Waals surface area contributed by atoms with E-state index in [4.69, 9.17) is 0 Å². The number of nitrogens with zero attached hydrogens (tertiary/aromatic N) is 2. The molecule has 0 aliphatic rings. The van der Waals surface area contributed by atoms with Gasteiger partial charge in [-0.25, -0.2) is 26.5 Å². The van der Waals surface area contributed by atoms with Gasteiger partial charge >= 0.3 is 11.9 Å². The molecule has 1 N–H and O–H groups in total. The van der Waals surface area contributed by atoms with Gasteiger partial charge in [0.25, 0.3) is 5.56 Å². The van der Waals surface area contributed by atoms with Crippen LogP contribution in [-0.4, -0.2) is 38.6 Å². The fourth-order valence-corrected chi connectivity index (χ4v) is 3.65. The molecule has 0 aliphatic heterocycles. The number of nitrogens with one attached hydrogen (secondary N) is 1. The highest BCUT2D eigenvalue weighted by Gasteiger charge is 2.37. The van der Waals surface area contributed by atoms with Crippen molar-refractivity contribution in [2.75, 3.05) is 17.3 Å². The Hall–Kier alpha value is -2.35. The van der Waals surface area contributed by atoms with Crippen molar-refractivity contribution in [2.45, 2.75) is 11.1 Å². The first-order valence-corrected chi connectivity index (χ1v) is 10.4. The normalized spacial score (nSPS) is 13.2.